The zero-order chi connectivity index (χ0) is 21.5. The molecule has 31 heavy (non-hydrogen) atoms. The van der Waals surface area contributed by atoms with E-state index in [1.165, 1.54) is 11.3 Å². The summed E-state index contributed by atoms with van der Waals surface area (Å²) in [5.74, 6) is -0.0211. The number of amides is 2. The van der Waals surface area contributed by atoms with Crippen molar-refractivity contribution in [3.63, 3.8) is 0 Å². The number of piperazine rings is 1. The minimum absolute atomic E-state index is 0.00836. The molecular formula is C25H32N4O2. The fourth-order valence-corrected chi connectivity index (χ4v) is 4.53. The number of rotatable bonds is 6. The van der Waals surface area contributed by atoms with Gasteiger partial charge in [-0.15, -0.1) is 0 Å². The van der Waals surface area contributed by atoms with Gasteiger partial charge in [-0.2, -0.15) is 0 Å². The third-order valence-corrected chi connectivity index (χ3v) is 6.29. The van der Waals surface area contributed by atoms with Crippen molar-refractivity contribution in [1.82, 2.24) is 15.1 Å². The first-order valence-electron chi connectivity index (χ1n) is 11.3. The molecule has 0 aromatic heterocycles. The summed E-state index contributed by atoms with van der Waals surface area (Å²) in [7, 11) is 0. The lowest BCUT2D eigenvalue weighted by molar-refractivity contribution is -0.134. The van der Waals surface area contributed by atoms with Crippen LogP contribution in [-0.2, 0) is 16.1 Å². The van der Waals surface area contributed by atoms with Crippen LogP contribution in [0.15, 0.2) is 60.7 Å². The summed E-state index contributed by atoms with van der Waals surface area (Å²) in [6, 6.07) is 20.7. The molecular weight excluding hydrogens is 388 g/mol. The second kappa shape index (κ2) is 10.4. The standard InChI is InChI=1S/C25H32N4O2/c30-24(29-16-14-28(15-17-29)23-11-5-2-6-12-23)18-26-25(31)22-10-7-13-27(20-22)19-21-8-3-1-4-9-21/h1-6,8-9,11-12,22H,7,10,13-20H2,(H,26,31). The summed E-state index contributed by atoms with van der Waals surface area (Å²) in [5, 5.41) is 2.91. The van der Waals surface area contributed by atoms with Crippen LogP contribution in [0.4, 0.5) is 5.69 Å². The zero-order valence-corrected chi connectivity index (χ0v) is 18.1. The third kappa shape index (κ3) is 5.85. The molecule has 2 saturated heterocycles. The van der Waals surface area contributed by atoms with E-state index in [2.05, 4.69) is 51.5 Å². The molecule has 2 amide bonds. The molecule has 6 nitrogen and oxygen atoms in total. The Bertz CT molecular complexity index is 850. The van der Waals surface area contributed by atoms with Gasteiger partial charge < -0.3 is 15.1 Å². The highest BCUT2D eigenvalue weighted by molar-refractivity contribution is 5.86. The second-order valence-corrected chi connectivity index (χ2v) is 8.48. The average molecular weight is 421 g/mol. The number of nitrogens with one attached hydrogen (secondary N) is 1. The van der Waals surface area contributed by atoms with Gasteiger partial charge in [-0.1, -0.05) is 48.5 Å². The van der Waals surface area contributed by atoms with Gasteiger partial charge in [0.1, 0.15) is 0 Å². The normalized spacial score (nSPS) is 19.8. The Labute approximate surface area is 184 Å². The fourth-order valence-electron chi connectivity index (χ4n) is 4.53. The van der Waals surface area contributed by atoms with E-state index in [0.29, 0.717) is 13.1 Å². The Morgan fingerprint density at radius 2 is 1.55 bits per heavy atom. The highest BCUT2D eigenvalue weighted by Gasteiger charge is 2.27. The number of benzene rings is 2. The number of hydrogen-bond donors (Lipinski definition) is 1. The zero-order valence-electron chi connectivity index (χ0n) is 18.1. The Balaban J connectivity index is 1.20. The predicted molar refractivity (Wildman–Crippen MR) is 123 cm³/mol. The van der Waals surface area contributed by atoms with Crippen LogP contribution in [0.25, 0.3) is 0 Å². The minimum atomic E-state index is -0.0415. The summed E-state index contributed by atoms with van der Waals surface area (Å²) >= 11 is 0. The first kappa shape index (κ1) is 21.4. The van der Waals surface area contributed by atoms with Crippen molar-refractivity contribution in [3.8, 4) is 0 Å². The van der Waals surface area contributed by atoms with Gasteiger partial charge in [0.25, 0.3) is 0 Å². The lowest BCUT2D eigenvalue weighted by Crippen LogP contribution is -2.52. The van der Waals surface area contributed by atoms with E-state index in [1.807, 2.05) is 29.2 Å². The van der Waals surface area contributed by atoms with E-state index in [-0.39, 0.29) is 24.3 Å². The number of anilines is 1. The Kier molecular flexibility index (Phi) is 7.20. The molecule has 1 N–H and O–H groups in total. The first-order valence-corrected chi connectivity index (χ1v) is 11.3. The van der Waals surface area contributed by atoms with Crippen LogP contribution in [-0.4, -0.2) is 67.4 Å². The minimum Gasteiger partial charge on any atom is -0.368 e. The number of piperidine rings is 1. The largest absolute Gasteiger partial charge is 0.368 e. The molecule has 4 rings (SSSR count). The molecule has 1 unspecified atom stereocenters. The van der Waals surface area contributed by atoms with E-state index in [4.69, 9.17) is 0 Å². The van der Waals surface area contributed by atoms with E-state index in [0.717, 1.165) is 45.6 Å². The fraction of sp³-hybridized carbons (Fsp3) is 0.440. The topological polar surface area (TPSA) is 55.9 Å². The van der Waals surface area contributed by atoms with Crippen LogP contribution >= 0.6 is 0 Å². The van der Waals surface area contributed by atoms with E-state index in [9.17, 15) is 9.59 Å². The summed E-state index contributed by atoms with van der Waals surface area (Å²) in [6.07, 6.45) is 1.90. The molecule has 164 valence electrons. The number of carbonyl (C=O) groups excluding carboxylic acids is 2. The molecule has 2 aromatic carbocycles. The quantitative estimate of drug-likeness (QED) is 0.780. The van der Waals surface area contributed by atoms with Crippen LogP contribution in [0.2, 0.25) is 0 Å². The molecule has 0 aliphatic carbocycles. The maximum atomic E-state index is 12.7. The molecule has 0 bridgehead atoms. The van der Waals surface area contributed by atoms with Gasteiger partial charge in [0.05, 0.1) is 12.5 Å². The highest BCUT2D eigenvalue weighted by Crippen LogP contribution is 2.19. The molecule has 6 heteroatoms. The van der Waals surface area contributed by atoms with Crippen molar-refractivity contribution in [2.45, 2.75) is 19.4 Å². The van der Waals surface area contributed by atoms with Gasteiger partial charge in [0, 0.05) is 45.0 Å². The van der Waals surface area contributed by atoms with Crippen molar-refractivity contribution in [2.75, 3.05) is 50.7 Å². The predicted octanol–water partition coefficient (Wildman–Crippen LogP) is 2.36. The summed E-state index contributed by atoms with van der Waals surface area (Å²) < 4.78 is 0. The molecule has 0 spiro atoms. The van der Waals surface area contributed by atoms with E-state index < -0.39 is 0 Å². The van der Waals surface area contributed by atoms with Crippen LogP contribution in [0.1, 0.15) is 18.4 Å². The number of likely N-dealkylation sites (tertiary alicyclic amines) is 1. The van der Waals surface area contributed by atoms with Gasteiger partial charge in [0.15, 0.2) is 0 Å². The van der Waals surface area contributed by atoms with E-state index in [1.54, 1.807) is 0 Å². The van der Waals surface area contributed by atoms with Gasteiger partial charge in [-0.05, 0) is 37.1 Å². The lowest BCUT2D eigenvalue weighted by atomic mass is 9.96. The number of para-hydroxylation sites is 1. The van der Waals surface area contributed by atoms with Crippen molar-refractivity contribution in [3.05, 3.63) is 66.2 Å². The summed E-state index contributed by atoms with van der Waals surface area (Å²) in [4.78, 5) is 31.8. The maximum Gasteiger partial charge on any atom is 0.242 e. The SMILES string of the molecule is O=C(NCC(=O)N1CCN(c2ccccc2)CC1)C1CCCN(Cc2ccccc2)C1. The highest BCUT2D eigenvalue weighted by atomic mass is 16.2. The molecule has 2 aromatic rings. The van der Waals surface area contributed by atoms with Gasteiger partial charge in [-0.25, -0.2) is 0 Å². The third-order valence-electron chi connectivity index (χ3n) is 6.29. The van der Waals surface area contributed by atoms with Crippen LogP contribution < -0.4 is 10.2 Å². The lowest BCUT2D eigenvalue weighted by Gasteiger charge is -2.36. The molecule has 2 heterocycles. The summed E-state index contributed by atoms with van der Waals surface area (Å²) in [5.41, 5.74) is 2.47. The Morgan fingerprint density at radius 3 is 2.26 bits per heavy atom. The van der Waals surface area contributed by atoms with E-state index >= 15 is 0 Å². The van der Waals surface area contributed by atoms with Crippen molar-refractivity contribution in [1.29, 1.82) is 0 Å². The molecule has 0 saturated carbocycles. The van der Waals surface area contributed by atoms with Gasteiger partial charge in [-0.3, -0.25) is 14.5 Å². The number of nitrogens with zero attached hydrogens (tertiary/aromatic N) is 3. The number of carbonyl (C=O) groups is 2. The molecule has 2 fully saturated rings. The molecule has 2 aliphatic heterocycles. The van der Waals surface area contributed by atoms with Crippen molar-refractivity contribution < 1.29 is 9.59 Å². The molecule has 0 radical (unpaired) electrons. The smallest absolute Gasteiger partial charge is 0.242 e. The maximum absolute atomic E-state index is 12.7. The first-order chi connectivity index (χ1) is 15.2. The van der Waals surface area contributed by atoms with Gasteiger partial charge in [0.2, 0.25) is 11.8 Å². The average Bonchev–Trinajstić information content (AvgIpc) is 2.84. The van der Waals surface area contributed by atoms with Gasteiger partial charge >= 0.3 is 0 Å². The second-order valence-electron chi connectivity index (χ2n) is 8.48. The van der Waals surface area contributed by atoms with Crippen LogP contribution in [0.5, 0.6) is 0 Å². The van der Waals surface area contributed by atoms with Crippen molar-refractivity contribution >= 4 is 17.5 Å². The summed E-state index contributed by atoms with van der Waals surface area (Å²) in [6.45, 7) is 5.76. The van der Waals surface area contributed by atoms with Crippen LogP contribution in [0, 0.1) is 5.92 Å². The number of hydrogen-bond acceptors (Lipinski definition) is 4. The monoisotopic (exact) mass is 420 g/mol. The van der Waals surface area contributed by atoms with Crippen LogP contribution in [0.3, 0.4) is 0 Å². The van der Waals surface area contributed by atoms with Crippen molar-refractivity contribution in [2.24, 2.45) is 5.92 Å². The molecule has 2 aliphatic rings. The Morgan fingerprint density at radius 1 is 0.871 bits per heavy atom. The molecule has 1 atom stereocenters. The Hall–Kier alpha value is -2.86.